The average molecular weight is 551 g/mol. The number of likely N-dealkylation sites (tertiary alicyclic amines) is 1. The molecule has 0 N–H and O–H groups in total. The van der Waals surface area contributed by atoms with Crippen LogP contribution in [0.1, 0.15) is 77.5 Å². The molecule has 2 fully saturated rings. The molecule has 1 aliphatic heterocycles. The highest BCUT2D eigenvalue weighted by atomic mass is 127. The largest absolute Gasteiger partial charge is 0.340 e. The van der Waals surface area contributed by atoms with E-state index in [4.69, 9.17) is 4.98 Å². The van der Waals surface area contributed by atoms with Crippen LogP contribution in [0.15, 0.2) is 18.2 Å². The second-order valence-electron chi connectivity index (χ2n) is 9.66. The molecular formula is C26H39IN4O. The van der Waals surface area contributed by atoms with Crippen molar-refractivity contribution in [2.45, 2.75) is 90.8 Å². The molecule has 0 radical (unpaired) electrons. The normalized spacial score (nSPS) is 19.0. The number of benzene rings is 1. The predicted octanol–water partition coefficient (Wildman–Crippen LogP) is 5.83. The molecule has 0 unspecified atom stereocenters. The topological polar surface area (TPSA) is 41.4 Å². The van der Waals surface area contributed by atoms with Crippen LogP contribution in [0.25, 0.3) is 11.0 Å². The number of aromatic nitrogens is 2. The fraction of sp³-hybridized carbons (Fsp3) is 0.692. The molecule has 6 heteroatoms. The lowest BCUT2D eigenvalue weighted by Crippen LogP contribution is -2.41. The molecule has 1 amide bonds. The molecule has 0 atom stereocenters. The second-order valence-corrected chi connectivity index (χ2v) is 10.9. The van der Waals surface area contributed by atoms with Crippen molar-refractivity contribution < 1.29 is 4.79 Å². The van der Waals surface area contributed by atoms with Gasteiger partial charge in [-0.3, -0.25) is 9.69 Å². The molecule has 2 aliphatic rings. The summed E-state index contributed by atoms with van der Waals surface area (Å²) in [4.78, 5) is 22.9. The maximum atomic E-state index is 13.2. The molecule has 0 spiro atoms. The zero-order valence-corrected chi connectivity index (χ0v) is 22.0. The van der Waals surface area contributed by atoms with E-state index in [1.807, 2.05) is 0 Å². The van der Waals surface area contributed by atoms with Gasteiger partial charge in [0.25, 0.3) is 0 Å². The van der Waals surface area contributed by atoms with Gasteiger partial charge in [0, 0.05) is 29.1 Å². The van der Waals surface area contributed by atoms with Crippen molar-refractivity contribution in [1.82, 2.24) is 19.4 Å². The van der Waals surface area contributed by atoms with Crippen molar-refractivity contribution in [2.24, 2.45) is 5.92 Å². The fourth-order valence-corrected chi connectivity index (χ4v) is 6.13. The van der Waals surface area contributed by atoms with Gasteiger partial charge < -0.3 is 9.47 Å². The van der Waals surface area contributed by atoms with Crippen molar-refractivity contribution in [3.05, 3.63) is 27.6 Å². The van der Waals surface area contributed by atoms with Crippen LogP contribution >= 0.6 is 22.6 Å². The van der Waals surface area contributed by atoms with E-state index in [1.54, 1.807) is 0 Å². The van der Waals surface area contributed by atoms with Crippen molar-refractivity contribution in [1.29, 1.82) is 0 Å². The number of rotatable bonds is 8. The number of nitrogens with zero attached hydrogens (tertiary/aromatic N) is 4. The van der Waals surface area contributed by atoms with Crippen LogP contribution in [-0.2, 0) is 17.9 Å². The van der Waals surface area contributed by atoms with Crippen LogP contribution in [0.2, 0.25) is 0 Å². The van der Waals surface area contributed by atoms with Crippen molar-refractivity contribution in [3.63, 3.8) is 0 Å². The number of piperidine rings is 1. The van der Waals surface area contributed by atoms with Gasteiger partial charge in [0.1, 0.15) is 5.82 Å². The first-order valence-electron chi connectivity index (χ1n) is 12.8. The van der Waals surface area contributed by atoms with Crippen LogP contribution in [0.4, 0.5) is 0 Å². The number of hydrogen-bond donors (Lipinski definition) is 0. The summed E-state index contributed by atoms with van der Waals surface area (Å²) >= 11 is 2.36. The number of carbonyl (C=O) groups is 1. The van der Waals surface area contributed by atoms with E-state index < -0.39 is 0 Å². The van der Waals surface area contributed by atoms with Crippen LogP contribution in [0.5, 0.6) is 0 Å². The lowest BCUT2D eigenvalue weighted by molar-refractivity contribution is -0.134. The van der Waals surface area contributed by atoms with Gasteiger partial charge in [-0.25, -0.2) is 4.98 Å². The lowest BCUT2D eigenvalue weighted by Gasteiger charge is -2.34. The number of fused-ring (bicyclic) bond motifs is 1. The van der Waals surface area contributed by atoms with Crippen molar-refractivity contribution in [2.75, 3.05) is 19.6 Å². The molecular weight excluding hydrogens is 511 g/mol. The summed E-state index contributed by atoms with van der Waals surface area (Å²) in [7, 11) is 0. The minimum absolute atomic E-state index is 0.307. The molecule has 32 heavy (non-hydrogen) atoms. The minimum atomic E-state index is 0.307. The minimum Gasteiger partial charge on any atom is -0.340 e. The summed E-state index contributed by atoms with van der Waals surface area (Å²) in [5.41, 5.74) is 2.22. The second kappa shape index (κ2) is 11.3. The first-order chi connectivity index (χ1) is 15.6. The third kappa shape index (κ3) is 5.66. The molecule has 1 aromatic heterocycles. The van der Waals surface area contributed by atoms with E-state index in [2.05, 4.69) is 69.0 Å². The number of halogens is 1. The van der Waals surface area contributed by atoms with Crippen molar-refractivity contribution in [3.8, 4) is 0 Å². The monoisotopic (exact) mass is 550 g/mol. The molecule has 1 aromatic carbocycles. The van der Waals surface area contributed by atoms with E-state index in [1.165, 1.54) is 54.9 Å². The lowest BCUT2D eigenvalue weighted by atomic mass is 9.94. The molecule has 1 saturated carbocycles. The van der Waals surface area contributed by atoms with Gasteiger partial charge in [0.2, 0.25) is 5.91 Å². The first kappa shape index (κ1) is 24.0. The summed E-state index contributed by atoms with van der Waals surface area (Å²) < 4.78 is 3.53. The van der Waals surface area contributed by atoms with E-state index in [-0.39, 0.29) is 0 Å². The Labute approximate surface area is 207 Å². The summed E-state index contributed by atoms with van der Waals surface area (Å²) in [6.45, 7) is 9.19. The van der Waals surface area contributed by atoms with Gasteiger partial charge >= 0.3 is 0 Å². The van der Waals surface area contributed by atoms with Crippen LogP contribution in [0, 0.1) is 9.49 Å². The summed E-state index contributed by atoms with van der Waals surface area (Å²) in [5, 5.41) is 0. The molecule has 1 aliphatic carbocycles. The number of hydrogen-bond acceptors (Lipinski definition) is 3. The molecule has 2 aromatic rings. The first-order valence-corrected chi connectivity index (χ1v) is 13.8. The SMILES string of the molecule is CCC1CCN(Cc2nc3cc(I)ccc3n2CCC(=O)N(CC)C2CCCCC2)CC1. The highest BCUT2D eigenvalue weighted by molar-refractivity contribution is 14.1. The molecule has 5 nitrogen and oxygen atoms in total. The van der Waals surface area contributed by atoms with Crippen LogP contribution < -0.4 is 0 Å². The van der Waals surface area contributed by atoms with Gasteiger partial charge in [-0.05, 0) is 92.4 Å². The van der Waals surface area contributed by atoms with Crippen LogP contribution in [0.3, 0.4) is 0 Å². The van der Waals surface area contributed by atoms with Gasteiger partial charge in [-0.2, -0.15) is 0 Å². The Morgan fingerprint density at radius 3 is 2.56 bits per heavy atom. The quantitative estimate of drug-likeness (QED) is 0.389. The van der Waals surface area contributed by atoms with E-state index >= 15 is 0 Å². The van der Waals surface area contributed by atoms with Gasteiger partial charge in [0.05, 0.1) is 17.6 Å². The number of aryl methyl sites for hydroxylation is 1. The molecule has 0 bridgehead atoms. The van der Waals surface area contributed by atoms with Gasteiger partial charge in [0.15, 0.2) is 0 Å². The number of carbonyl (C=O) groups excluding carboxylic acids is 1. The fourth-order valence-electron chi connectivity index (χ4n) is 5.66. The average Bonchev–Trinajstić information content (AvgIpc) is 3.15. The summed E-state index contributed by atoms with van der Waals surface area (Å²) in [5.74, 6) is 2.30. The smallest absolute Gasteiger partial charge is 0.224 e. The van der Waals surface area contributed by atoms with Gasteiger partial charge in [-0.1, -0.05) is 32.6 Å². The summed E-state index contributed by atoms with van der Waals surface area (Å²) in [6.07, 6.45) is 10.6. The third-order valence-electron chi connectivity index (χ3n) is 7.66. The Morgan fingerprint density at radius 2 is 1.88 bits per heavy atom. The highest BCUT2D eigenvalue weighted by Gasteiger charge is 2.25. The van der Waals surface area contributed by atoms with E-state index in [0.717, 1.165) is 55.5 Å². The Morgan fingerprint density at radius 1 is 1.12 bits per heavy atom. The molecule has 176 valence electrons. The van der Waals surface area contributed by atoms with Crippen LogP contribution in [-0.4, -0.2) is 50.9 Å². The molecule has 2 heterocycles. The predicted molar refractivity (Wildman–Crippen MR) is 140 cm³/mol. The van der Waals surface area contributed by atoms with Gasteiger partial charge in [-0.15, -0.1) is 0 Å². The zero-order valence-electron chi connectivity index (χ0n) is 19.9. The Balaban J connectivity index is 1.49. The number of imidazole rings is 1. The van der Waals surface area contributed by atoms with E-state index in [9.17, 15) is 4.79 Å². The zero-order chi connectivity index (χ0) is 22.5. The van der Waals surface area contributed by atoms with Crippen molar-refractivity contribution >= 4 is 39.5 Å². The Hall–Kier alpha value is -1.15. The summed E-state index contributed by atoms with van der Waals surface area (Å²) in [6, 6.07) is 6.95. The Bertz CT molecular complexity index is 897. The standard InChI is InChI=1S/C26H39IN4O/c1-3-20-12-15-29(16-13-20)19-25-28-23-18-21(27)10-11-24(23)31(25)17-14-26(32)30(4-2)22-8-6-5-7-9-22/h10-11,18,20,22H,3-9,12-17,19H2,1-2H3. The maximum absolute atomic E-state index is 13.2. The highest BCUT2D eigenvalue weighted by Crippen LogP contribution is 2.26. The number of amides is 1. The Kier molecular flexibility index (Phi) is 8.49. The maximum Gasteiger partial charge on any atom is 0.224 e. The third-order valence-corrected chi connectivity index (χ3v) is 8.34. The van der Waals surface area contributed by atoms with E-state index in [0.29, 0.717) is 18.4 Å². The molecule has 1 saturated heterocycles. The molecule has 4 rings (SSSR count).